The van der Waals surface area contributed by atoms with Gasteiger partial charge in [0.15, 0.2) is 0 Å². The molecule has 1 aliphatic heterocycles. The molecule has 1 heterocycles. The predicted molar refractivity (Wildman–Crippen MR) is 101 cm³/mol. The second kappa shape index (κ2) is 8.43. The van der Waals surface area contributed by atoms with Gasteiger partial charge < -0.3 is 19.3 Å². The number of carbonyl (C=O) groups is 2. The second-order valence-corrected chi connectivity index (χ2v) is 7.80. The maximum absolute atomic E-state index is 13.1. The van der Waals surface area contributed by atoms with Gasteiger partial charge in [0, 0.05) is 32.6 Å². The maximum atomic E-state index is 13.1. The fourth-order valence-corrected chi connectivity index (χ4v) is 3.16. The van der Waals surface area contributed by atoms with Gasteiger partial charge in [-0.3, -0.25) is 9.59 Å². The molecule has 1 saturated heterocycles. The standard InChI is InChI=1S/C20H30N2O4/c1-20(2,3)14-17(23)21-10-7-11-22(13-12-21)19(24)18-15(25-4)8-6-9-16(18)26-5/h6,8-9H,7,10-14H2,1-5H3. The normalized spacial score (nSPS) is 15.4. The Morgan fingerprint density at radius 1 is 0.962 bits per heavy atom. The second-order valence-electron chi connectivity index (χ2n) is 7.80. The summed E-state index contributed by atoms with van der Waals surface area (Å²) in [5, 5.41) is 0. The SMILES string of the molecule is COc1cccc(OC)c1C(=O)N1CCCN(C(=O)CC(C)(C)C)CC1. The number of amides is 2. The highest BCUT2D eigenvalue weighted by Gasteiger charge is 2.28. The van der Waals surface area contributed by atoms with Crippen LogP contribution < -0.4 is 9.47 Å². The van der Waals surface area contributed by atoms with Crippen molar-refractivity contribution in [1.29, 1.82) is 0 Å². The van der Waals surface area contributed by atoms with Crippen molar-refractivity contribution in [3.05, 3.63) is 23.8 Å². The first-order valence-corrected chi connectivity index (χ1v) is 9.05. The molecule has 144 valence electrons. The van der Waals surface area contributed by atoms with E-state index in [1.165, 1.54) is 0 Å². The third kappa shape index (κ3) is 4.90. The number of methoxy groups -OCH3 is 2. The molecule has 0 bridgehead atoms. The zero-order valence-electron chi connectivity index (χ0n) is 16.5. The van der Waals surface area contributed by atoms with Gasteiger partial charge in [-0.25, -0.2) is 0 Å². The molecule has 0 spiro atoms. The molecule has 0 aliphatic carbocycles. The number of rotatable bonds is 4. The fourth-order valence-electron chi connectivity index (χ4n) is 3.16. The number of hydrogen-bond acceptors (Lipinski definition) is 4. The Kier molecular flexibility index (Phi) is 6.51. The van der Waals surface area contributed by atoms with Crippen molar-refractivity contribution < 1.29 is 19.1 Å². The van der Waals surface area contributed by atoms with E-state index in [-0.39, 0.29) is 17.2 Å². The minimum Gasteiger partial charge on any atom is -0.496 e. The molecule has 26 heavy (non-hydrogen) atoms. The Morgan fingerprint density at radius 2 is 1.50 bits per heavy atom. The van der Waals surface area contributed by atoms with Crippen LogP contribution in [0.15, 0.2) is 18.2 Å². The predicted octanol–water partition coefficient (Wildman–Crippen LogP) is 2.81. The summed E-state index contributed by atoms with van der Waals surface area (Å²) in [6.45, 7) is 8.54. The molecule has 0 radical (unpaired) electrons. The fraction of sp³-hybridized carbons (Fsp3) is 0.600. The molecular formula is C20H30N2O4. The van der Waals surface area contributed by atoms with Gasteiger partial charge in [0.25, 0.3) is 5.91 Å². The van der Waals surface area contributed by atoms with Crippen molar-refractivity contribution in [2.75, 3.05) is 40.4 Å². The first-order chi connectivity index (χ1) is 12.3. The molecule has 6 nitrogen and oxygen atoms in total. The molecule has 0 saturated carbocycles. The zero-order chi connectivity index (χ0) is 19.3. The van der Waals surface area contributed by atoms with Crippen molar-refractivity contribution in [3.63, 3.8) is 0 Å². The molecule has 6 heteroatoms. The summed E-state index contributed by atoms with van der Waals surface area (Å²) in [5.74, 6) is 1.03. The Balaban J connectivity index is 2.12. The lowest BCUT2D eigenvalue weighted by molar-refractivity contribution is -0.132. The van der Waals surface area contributed by atoms with E-state index in [0.29, 0.717) is 49.7 Å². The van der Waals surface area contributed by atoms with Crippen LogP contribution in [-0.4, -0.2) is 62.0 Å². The Morgan fingerprint density at radius 3 is 2.04 bits per heavy atom. The van der Waals surface area contributed by atoms with Crippen LogP contribution in [0.1, 0.15) is 44.0 Å². The topological polar surface area (TPSA) is 59.1 Å². The minimum absolute atomic E-state index is 0.0380. The number of carbonyl (C=O) groups excluding carboxylic acids is 2. The number of hydrogen-bond donors (Lipinski definition) is 0. The lowest BCUT2D eigenvalue weighted by atomic mass is 9.91. The molecule has 1 aromatic carbocycles. The van der Waals surface area contributed by atoms with Crippen molar-refractivity contribution in [2.45, 2.75) is 33.6 Å². The van der Waals surface area contributed by atoms with Crippen molar-refractivity contribution in [3.8, 4) is 11.5 Å². The van der Waals surface area contributed by atoms with E-state index < -0.39 is 0 Å². The van der Waals surface area contributed by atoms with Crippen LogP contribution in [-0.2, 0) is 4.79 Å². The molecule has 2 rings (SSSR count). The summed E-state index contributed by atoms with van der Waals surface area (Å²) in [7, 11) is 3.09. The van der Waals surface area contributed by atoms with Gasteiger partial charge in [0.2, 0.25) is 5.91 Å². The van der Waals surface area contributed by atoms with Gasteiger partial charge in [0.1, 0.15) is 17.1 Å². The van der Waals surface area contributed by atoms with Crippen LogP contribution in [0, 0.1) is 5.41 Å². The minimum atomic E-state index is -0.121. The quantitative estimate of drug-likeness (QED) is 0.826. The smallest absolute Gasteiger partial charge is 0.261 e. The van der Waals surface area contributed by atoms with Gasteiger partial charge in [-0.2, -0.15) is 0 Å². The highest BCUT2D eigenvalue weighted by molar-refractivity contribution is 5.99. The van der Waals surface area contributed by atoms with Gasteiger partial charge in [0.05, 0.1) is 14.2 Å². The largest absolute Gasteiger partial charge is 0.496 e. The average molecular weight is 362 g/mol. The third-order valence-corrected chi connectivity index (χ3v) is 4.46. The molecule has 0 unspecified atom stereocenters. The molecule has 1 fully saturated rings. The number of benzene rings is 1. The van der Waals surface area contributed by atoms with Crippen LogP contribution >= 0.6 is 0 Å². The Labute approximate surface area is 156 Å². The van der Waals surface area contributed by atoms with E-state index in [1.807, 2.05) is 4.90 Å². The number of nitrogens with zero attached hydrogens (tertiary/aromatic N) is 2. The summed E-state index contributed by atoms with van der Waals surface area (Å²) < 4.78 is 10.7. The third-order valence-electron chi connectivity index (χ3n) is 4.46. The van der Waals surface area contributed by atoms with Gasteiger partial charge in [-0.05, 0) is 24.0 Å². The Hall–Kier alpha value is -2.24. The van der Waals surface area contributed by atoms with Gasteiger partial charge >= 0.3 is 0 Å². The maximum Gasteiger partial charge on any atom is 0.261 e. The summed E-state index contributed by atoms with van der Waals surface area (Å²) in [5.41, 5.74) is 0.399. The molecule has 0 aromatic heterocycles. The van der Waals surface area contributed by atoms with Crippen LogP contribution in [0.2, 0.25) is 0 Å². The van der Waals surface area contributed by atoms with Crippen molar-refractivity contribution >= 4 is 11.8 Å². The van der Waals surface area contributed by atoms with Gasteiger partial charge in [-0.15, -0.1) is 0 Å². The molecular weight excluding hydrogens is 332 g/mol. The summed E-state index contributed by atoms with van der Waals surface area (Å²) in [6.07, 6.45) is 1.28. The average Bonchev–Trinajstić information content (AvgIpc) is 2.85. The highest BCUT2D eigenvalue weighted by Crippen LogP contribution is 2.30. The lowest BCUT2D eigenvalue weighted by Crippen LogP contribution is -2.38. The lowest BCUT2D eigenvalue weighted by Gasteiger charge is -2.26. The first-order valence-electron chi connectivity index (χ1n) is 9.05. The highest BCUT2D eigenvalue weighted by atomic mass is 16.5. The molecule has 1 aromatic rings. The molecule has 0 atom stereocenters. The van der Waals surface area contributed by atoms with Crippen LogP contribution in [0.25, 0.3) is 0 Å². The van der Waals surface area contributed by atoms with E-state index in [4.69, 9.17) is 9.47 Å². The summed E-state index contributed by atoms with van der Waals surface area (Å²) in [6, 6.07) is 5.31. The van der Waals surface area contributed by atoms with E-state index in [1.54, 1.807) is 37.3 Å². The Bertz CT molecular complexity index is 629. The van der Waals surface area contributed by atoms with Crippen molar-refractivity contribution in [1.82, 2.24) is 9.80 Å². The molecule has 2 amide bonds. The van der Waals surface area contributed by atoms with Crippen LogP contribution in [0.5, 0.6) is 11.5 Å². The van der Waals surface area contributed by atoms with Gasteiger partial charge in [-0.1, -0.05) is 26.8 Å². The van der Waals surface area contributed by atoms with Crippen molar-refractivity contribution in [2.24, 2.45) is 5.41 Å². The zero-order valence-corrected chi connectivity index (χ0v) is 16.5. The van der Waals surface area contributed by atoms with E-state index >= 15 is 0 Å². The monoisotopic (exact) mass is 362 g/mol. The molecule has 1 aliphatic rings. The van der Waals surface area contributed by atoms with E-state index in [9.17, 15) is 9.59 Å². The number of ether oxygens (including phenoxy) is 2. The molecule has 0 N–H and O–H groups in total. The van der Waals surface area contributed by atoms with Crippen LogP contribution in [0.4, 0.5) is 0 Å². The van der Waals surface area contributed by atoms with E-state index in [0.717, 1.165) is 6.42 Å². The summed E-state index contributed by atoms with van der Waals surface area (Å²) >= 11 is 0. The van der Waals surface area contributed by atoms with E-state index in [2.05, 4.69) is 20.8 Å². The van der Waals surface area contributed by atoms with Crippen LogP contribution in [0.3, 0.4) is 0 Å². The summed E-state index contributed by atoms with van der Waals surface area (Å²) in [4.78, 5) is 29.2. The first kappa shape index (κ1) is 20.1.